The topological polar surface area (TPSA) is 125 Å². The van der Waals surface area contributed by atoms with E-state index in [0.717, 1.165) is 60.3 Å². The van der Waals surface area contributed by atoms with Gasteiger partial charge in [0.1, 0.15) is 12.1 Å². The summed E-state index contributed by atoms with van der Waals surface area (Å²) in [6.07, 6.45) is 4.38. The third kappa shape index (κ3) is 5.11. The number of amides is 1. The molecule has 0 aliphatic carbocycles. The van der Waals surface area contributed by atoms with Crippen LogP contribution in [0, 0.1) is 5.92 Å². The maximum Gasteiger partial charge on any atom is 0.303 e. The minimum atomic E-state index is -0.744. The second-order valence-corrected chi connectivity index (χ2v) is 10.3. The molecule has 36 heavy (non-hydrogen) atoms. The fourth-order valence-corrected chi connectivity index (χ4v) is 5.83. The lowest BCUT2D eigenvalue weighted by Crippen LogP contribution is -2.44. The number of benzene rings is 1. The molecule has 0 bridgehead atoms. The summed E-state index contributed by atoms with van der Waals surface area (Å²) in [6.45, 7) is 5.73. The van der Waals surface area contributed by atoms with Gasteiger partial charge in [-0.05, 0) is 55.9 Å². The molecule has 2 N–H and O–H groups in total. The summed E-state index contributed by atoms with van der Waals surface area (Å²) < 4.78 is 12.8. The predicted molar refractivity (Wildman–Crippen MR) is 135 cm³/mol. The van der Waals surface area contributed by atoms with Gasteiger partial charge in [-0.3, -0.25) is 9.59 Å². The van der Waals surface area contributed by atoms with Crippen molar-refractivity contribution in [1.82, 2.24) is 24.4 Å². The Bertz CT molecular complexity index is 1290. The van der Waals surface area contributed by atoms with Crippen molar-refractivity contribution in [1.29, 1.82) is 0 Å². The molecule has 190 valence electrons. The fourth-order valence-electron chi connectivity index (χ4n) is 4.86. The highest BCUT2D eigenvalue weighted by molar-refractivity contribution is 7.99. The minimum Gasteiger partial charge on any atom is -0.493 e. The molecule has 0 saturated carbocycles. The molecule has 1 atom stereocenters. The Kier molecular flexibility index (Phi) is 6.99. The first-order valence-corrected chi connectivity index (χ1v) is 13.1. The SMILES string of the molecule is CC(=O)O[C@@H](C)C(=O)N1CCC(CCn2c(Sc3ccc4c(c3)CCO4)nc3c(N)ncnc32)CC1. The number of nitrogens with two attached hydrogens (primary N) is 1. The molecule has 1 amide bonds. The number of ether oxygens (including phenoxy) is 2. The quantitative estimate of drug-likeness (QED) is 0.477. The van der Waals surface area contributed by atoms with Crippen molar-refractivity contribution >= 4 is 40.6 Å². The highest BCUT2D eigenvalue weighted by Gasteiger charge is 2.28. The number of hydrogen-bond donors (Lipinski definition) is 1. The minimum absolute atomic E-state index is 0.130. The Balaban J connectivity index is 1.27. The zero-order chi connectivity index (χ0) is 25.2. The van der Waals surface area contributed by atoms with Crippen LogP contribution in [0.1, 0.15) is 38.7 Å². The third-order valence-corrected chi connectivity index (χ3v) is 7.76. The number of carbonyl (C=O) groups is 2. The number of esters is 1. The molecule has 0 radical (unpaired) electrons. The van der Waals surface area contributed by atoms with Gasteiger partial charge in [0.2, 0.25) is 0 Å². The molecule has 3 aromatic rings. The van der Waals surface area contributed by atoms with Crippen molar-refractivity contribution in [3.63, 3.8) is 0 Å². The molecule has 2 aliphatic heterocycles. The monoisotopic (exact) mass is 510 g/mol. The number of nitrogens with zero attached hydrogens (tertiary/aromatic N) is 5. The van der Waals surface area contributed by atoms with Gasteiger partial charge < -0.3 is 24.7 Å². The van der Waals surface area contributed by atoms with Crippen LogP contribution in [-0.4, -0.2) is 62.1 Å². The highest BCUT2D eigenvalue weighted by Crippen LogP contribution is 2.35. The molecule has 11 heteroatoms. The van der Waals surface area contributed by atoms with Crippen LogP contribution in [0.2, 0.25) is 0 Å². The van der Waals surface area contributed by atoms with Crippen molar-refractivity contribution < 1.29 is 19.1 Å². The van der Waals surface area contributed by atoms with Gasteiger partial charge in [0.05, 0.1) is 6.61 Å². The van der Waals surface area contributed by atoms with E-state index in [2.05, 4.69) is 26.7 Å². The first-order chi connectivity index (χ1) is 17.4. The van der Waals surface area contributed by atoms with Gasteiger partial charge in [-0.25, -0.2) is 15.0 Å². The van der Waals surface area contributed by atoms with Crippen molar-refractivity contribution in [2.45, 2.75) is 62.2 Å². The summed E-state index contributed by atoms with van der Waals surface area (Å²) in [6, 6.07) is 6.23. The molecular weight excluding hydrogens is 480 g/mol. The molecular formula is C25H30N6O4S. The van der Waals surface area contributed by atoms with Gasteiger partial charge in [-0.2, -0.15) is 0 Å². The standard InChI is InChI=1S/C25H30N6O4S/c1-15(35-16(2)32)24(33)30-9-5-17(6-10-30)7-11-31-23-21(22(26)27-14-28-23)29-25(31)36-19-3-4-20-18(13-19)8-12-34-20/h3-4,13-15,17H,5-12H2,1-2H3,(H2,26,27,28)/t15-/m0/s1. The van der Waals surface area contributed by atoms with Crippen LogP contribution in [0.4, 0.5) is 5.82 Å². The van der Waals surface area contributed by atoms with E-state index in [1.54, 1.807) is 23.6 Å². The first kappa shape index (κ1) is 24.4. The summed E-state index contributed by atoms with van der Waals surface area (Å²) in [4.78, 5) is 40.0. The van der Waals surface area contributed by atoms with Crippen LogP contribution >= 0.6 is 11.8 Å². The van der Waals surface area contributed by atoms with E-state index in [-0.39, 0.29) is 5.91 Å². The average Bonchev–Trinajstić information content (AvgIpc) is 3.47. The van der Waals surface area contributed by atoms with Crippen LogP contribution in [-0.2, 0) is 27.3 Å². The van der Waals surface area contributed by atoms with Gasteiger partial charge in [-0.1, -0.05) is 11.8 Å². The summed E-state index contributed by atoms with van der Waals surface area (Å²) >= 11 is 1.59. The van der Waals surface area contributed by atoms with E-state index < -0.39 is 12.1 Å². The largest absolute Gasteiger partial charge is 0.493 e. The Hall–Kier alpha value is -3.34. The summed E-state index contributed by atoms with van der Waals surface area (Å²) in [7, 11) is 0. The predicted octanol–water partition coefficient (Wildman–Crippen LogP) is 3.07. The number of aryl methyl sites for hydroxylation is 1. The van der Waals surface area contributed by atoms with Crippen molar-refractivity contribution in [2.24, 2.45) is 5.92 Å². The lowest BCUT2D eigenvalue weighted by atomic mass is 9.93. The Morgan fingerprint density at radius 1 is 1.28 bits per heavy atom. The number of imidazole rings is 1. The summed E-state index contributed by atoms with van der Waals surface area (Å²) in [5, 5.41) is 0.832. The number of anilines is 1. The highest BCUT2D eigenvalue weighted by atomic mass is 32.2. The molecule has 1 saturated heterocycles. The van der Waals surface area contributed by atoms with Crippen LogP contribution in [0.15, 0.2) is 34.6 Å². The molecule has 10 nitrogen and oxygen atoms in total. The lowest BCUT2D eigenvalue weighted by molar-refractivity contribution is -0.158. The van der Waals surface area contributed by atoms with Crippen LogP contribution < -0.4 is 10.5 Å². The number of carbonyl (C=O) groups excluding carboxylic acids is 2. The van der Waals surface area contributed by atoms with Gasteiger partial charge in [0, 0.05) is 37.9 Å². The first-order valence-electron chi connectivity index (χ1n) is 12.3. The Morgan fingerprint density at radius 3 is 2.86 bits per heavy atom. The molecule has 2 aromatic heterocycles. The van der Waals surface area contributed by atoms with Crippen molar-refractivity contribution in [2.75, 3.05) is 25.4 Å². The number of likely N-dealkylation sites (tertiary alicyclic amines) is 1. The van der Waals surface area contributed by atoms with Crippen molar-refractivity contribution in [3.8, 4) is 5.75 Å². The van der Waals surface area contributed by atoms with E-state index in [1.807, 2.05) is 6.07 Å². The second kappa shape index (κ2) is 10.3. The normalized spacial score (nSPS) is 16.6. The van der Waals surface area contributed by atoms with E-state index >= 15 is 0 Å². The molecule has 2 aliphatic rings. The van der Waals surface area contributed by atoms with E-state index in [4.69, 9.17) is 20.2 Å². The second-order valence-electron chi connectivity index (χ2n) is 9.26. The third-order valence-electron chi connectivity index (χ3n) is 6.77. The number of fused-ring (bicyclic) bond motifs is 2. The van der Waals surface area contributed by atoms with E-state index in [1.165, 1.54) is 18.8 Å². The van der Waals surface area contributed by atoms with Gasteiger partial charge >= 0.3 is 5.97 Å². The molecule has 1 aromatic carbocycles. The van der Waals surface area contributed by atoms with Crippen LogP contribution in [0.5, 0.6) is 5.75 Å². The van der Waals surface area contributed by atoms with Crippen LogP contribution in [0.25, 0.3) is 11.2 Å². The zero-order valence-corrected chi connectivity index (χ0v) is 21.3. The number of nitrogen functional groups attached to an aromatic ring is 1. The van der Waals surface area contributed by atoms with Crippen LogP contribution in [0.3, 0.4) is 0 Å². The molecule has 0 unspecified atom stereocenters. The maximum absolute atomic E-state index is 12.6. The molecule has 5 rings (SSSR count). The van der Waals surface area contributed by atoms with Gasteiger partial charge in [0.15, 0.2) is 28.2 Å². The summed E-state index contributed by atoms with van der Waals surface area (Å²) in [5.41, 5.74) is 8.68. The molecule has 1 fully saturated rings. The number of hydrogen-bond acceptors (Lipinski definition) is 9. The average molecular weight is 511 g/mol. The Morgan fingerprint density at radius 2 is 2.08 bits per heavy atom. The smallest absolute Gasteiger partial charge is 0.303 e. The maximum atomic E-state index is 12.6. The number of aromatic nitrogens is 4. The number of rotatable bonds is 7. The molecule has 4 heterocycles. The summed E-state index contributed by atoms with van der Waals surface area (Å²) in [5.74, 6) is 1.22. The number of piperidine rings is 1. The molecule has 0 spiro atoms. The van der Waals surface area contributed by atoms with Gasteiger partial charge in [-0.15, -0.1) is 0 Å². The zero-order valence-electron chi connectivity index (χ0n) is 20.5. The Labute approximate surface area is 213 Å². The van der Waals surface area contributed by atoms with E-state index in [9.17, 15) is 9.59 Å². The lowest BCUT2D eigenvalue weighted by Gasteiger charge is -2.33. The van der Waals surface area contributed by atoms with E-state index in [0.29, 0.717) is 30.3 Å². The fraction of sp³-hybridized carbons (Fsp3) is 0.480. The van der Waals surface area contributed by atoms with Gasteiger partial charge in [0.25, 0.3) is 5.91 Å². The van der Waals surface area contributed by atoms with Crippen molar-refractivity contribution in [3.05, 3.63) is 30.1 Å².